The Morgan fingerprint density at radius 2 is 2.13 bits per heavy atom. The molecule has 4 nitrogen and oxygen atoms in total. The van der Waals surface area contributed by atoms with E-state index < -0.39 is 0 Å². The number of hydrogen-bond donors (Lipinski definition) is 1. The van der Waals surface area contributed by atoms with Gasteiger partial charge in [0.1, 0.15) is 5.82 Å². The average molecular weight is 322 g/mol. The van der Waals surface area contributed by atoms with Crippen molar-refractivity contribution < 1.29 is 13.9 Å². The second kappa shape index (κ2) is 7.88. The van der Waals surface area contributed by atoms with Crippen molar-refractivity contribution in [1.82, 2.24) is 10.2 Å². The highest BCUT2D eigenvalue weighted by molar-refractivity contribution is 5.81. The fraction of sp³-hybridized carbons (Fsp3) is 0.611. The molecule has 1 aromatic rings. The number of hydrogen-bond acceptors (Lipinski definition) is 3. The Balaban J connectivity index is 1.77. The molecule has 1 atom stereocenters. The van der Waals surface area contributed by atoms with Crippen molar-refractivity contribution in [2.75, 3.05) is 26.2 Å². The summed E-state index contributed by atoms with van der Waals surface area (Å²) in [5, 5.41) is 2.95. The molecule has 1 N–H and O–H groups in total. The van der Waals surface area contributed by atoms with E-state index in [1.54, 1.807) is 6.07 Å². The molecule has 1 aliphatic heterocycles. The summed E-state index contributed by atoms with van der Waals surface area (Å²) in [7, 11) is 0. The molecule has 1 saturated heterocycles. The van der Waals surface area contributed by atoms with Crippen LogP contribution in [-0.4, -0.2) is 43.2 Å². The van der Waals surface area contributed by atoms with Crippen LogP contribution in [-0.2, 0) is 16.1 Å². The summed E-state index contributed by atoms with van der Waals surface area (Å²) in [4.78, 5) is 14.1. The predicted molar refractivity (Wildman–Crippen MR) is 88.5 cm³/mol. The first kappa shape index (κ1) is 17.9. The maximum absolute atomic E-state index is 13.7. The topological polar surface area (TPSA) is 41.6 Å². The quantitative estimate of drug-likeness (QED) is 0.906. The number of nitrogens with one attached hydrogen (secondary N) is 1. The van der Waals surface area contributed by atoms with Gasteiger partial charge in [-0.15, -0.1) is 0 Å². The predicted octanol–water partition coefficient (Wildman–Crippen LogP) is 2.58. The maximum atomic E-state index is 13.7. The smallest absolute Gasteiger partial charge is 0.225 e. The normalized spacial score (nSPS) is 19.6. The fourth-order valence-corrected chi connectivity index (χ4v) is 2.58. The number of ether oxygens (including phenoxy) is 1. The number of rotatable bonds is 5. The third kappa shape index (κ3) is 5.59. The van der Waals surface area contributed by atoms with Crippen LogP contribution in [0.2, 0.25) is 0 Å². The van der Waals surface area contributed by atoms with E-state index in [4.69, 9.17) is 4.74 Å². The first-order valence-corrected chi connectivity index (χ1v) is 8.22. The highest BCUT2D eigenvalue weighted by atomic mass is 19.1. The molecular weight excluding hydrogens is 295 g/mol. The maximum Gasteiger partial charge on any atom is 0.225 e. The molecule has 0 aliphatic carbocycles. The molecule has 23 heavy (non-hydrogen) atoms. The zero-order valence-corrected chi connectivity index (χ0v) is 14.3. The van der Waals surface area contributed by atoms with E-state index in [0.29, 0.717) is 25.3 Å². The van der Waals surface area contributed by atoms with Gasteiger partial charge in [-0.1, -0.05) is 39.0 Å². The van der Waals surface area contributed by atoms with Gasteiger partial charge in [0.2, 0.25) is 5.91 Å². The molecule has 1 aromatic carbocycles. The molecule has 1 aliphatic rings. The summed E-state index contributed by atoms with van der Waals surface area (Å²) in [6.45, 7) is 9.11. The number of halogens is 1. The van der Waals surface area contributed by atoms with Crippen LogP contribution in [0.15, 0.2) is 24.3 Å². The molecule has 0 radical (unpaired) electrons. The molecule has 0 saturated carbocycles. The SMILES string of the molecule is CC(C)(C)C(=O)NCC[C@@H]1CN(Cc2ccccc2F)CCO1. The third-order valence-electron chi connectivity index (χ3n) is 4.01. The lowest BCUT2D eigenvalue weighted by Crippen LogP contribution is -2.44. The van der Waals surface area contributed by atoms with Crippen molar-refractivity contribution in [1.29, 1.82) is 0 Å². The molecule has 0 aromatic heterocycles. The van der Waals surface area contributed by atoms with E-state index in [1.807, 2.05) is 32.9 Å². The van der Waals surface area contributed by atoms with Crippen LogP contribution in [0.3, 0.4) is 0 Å². The summed E-state index contributed by atoms with van der Waals surface area (Å²) in [5.74, 6) is -0.107. The van der Waals surface area contributed by atoms with Gasteiger partial charge in [0.15, 0.2) is 0 Å². The van der Waals surface area contributed by atoms with Crippen molar-refractivity contribution >= 4 is 5.91 Å². The van der Waals surface area contributed by atoms with Crippen molar-refractivity contribution in [2.45, 2.75) is 39.8 Å². The van der Waals surface area contributed by atoms with Crippen LogP contribution in [0.4, 0.5) is 4.39 Å². The molecule has 1 fully saturated rings. The minimum atomic E-state index is -0.371. The van der Waals surface area contributed by atoms with E-state index in [1.165, 1.54) is 6.07 Å². The fourth-order valence-electron chi connectivity index (χ4n) is 2.58. The molecular formula is C18H27FN2O2. The van der Waals surface area contributed by atoms with E-state index in [2.05, 4.69) is 10.2 Å². The third-order valence-corrected chi connectivity index (χ3v) is 4.01. The van der Waals surface area contributed by atoms with E-state index in [9.17, 15) is 9.18 Å². The summed E-state index contributed by atoms with van der Waals surface area (Å²) in [6, 6.07) is 6.88. The van der Waals surface area contributed by atoms with E-state index in [-0.39, 0.29) is 23.2 Å². The molecule has 5 heteroatoms. The lowest BCUT2D eigenvalue weighted by atomic mass is 9.95. The number of benzene rings is 1. The van der Waals surface area contributed by atoms with Crippen molar-refractivity contribution in [3.63, 3.8) is 0 Å². The summed E-state index contributed by atoms with van der Waals surface area (Å²) >= 11 is 0. The Hall–Kier alpha value is -1.46. The Kier molecular flexibility index (Phi) is 6.13. The second-order valence-electron chi connectivity index (χ2n) is 7.11. The molecule has 0 unspecified atom stereocenters. The van der Waals surface area contributed by atoms with Crippen LogP contribution in [0.1, 0.15) is 32.8 Å². The van der Waals surface area contributed by atoms with Gasteiger partial charge >= 0.3 is 0 Å². The zero-order chi connectivity index (χ0) is 16.9. The lowest BCUT2D eigenvalue weighted by Gasteiger charge is -2.33. The highest BCUT2D eigenvalue weighted by Gasteiger charge is 2.23. The molecule has 0 bridgehead atoms. The number of morpholine rings is 1. The van der Waals surface area contributed by atoms with Crippen LogP contribution in [0, 0.1) is 11.2 Å². The highest BCUT2D eigenvalue weighted by Crippen LogP contribution is 2.15. The van der Waals surface area contributed by atoms with Gasteiger partial charge in [-0.05, 0) is 12.5 Å². The van der Waals surface area contributed by atoms with E-state index in [0.717, 1.165) is 19.5 Å². The number of amides is 1. The average Bonchev–Trinajstić information content (AvgIpc) is 2.49. The first-order chi connectivity index (χ1) is 10.9. The monoisotopic (exact) mass is 322 g/mol. The standard InChI is InChI=1S/C18H27FN2O2/c1-18(2,3)17(22)20-9-8-15-13-21(10-11-23-15)12-14-6-4-5-7-16(14)19/h4-7,15H,8-13H2,1-3H3,(H,20,22)/t15-/m1/s1. The Bertz CT molecular complexity index is 528. The van der Waals surface area contributed by atoms with E-state index >= 15 is 0 Å². The van der Waals surface area contributed by atoms with Gasteiger partial charge in [-0.2, -0.15) is 0 Å². The minimum absolute atomic E-state index is 0.0523. The molecule has 0 spiro atoms. The first-order valence-electron chi connectivity index (χ1n) is 8.22. The molecule has 2 rings (SSSR count). The van der Waals surface area contributed by atoms with Crippen molar-refractivity contribution in [2.24, 2.45) is 5.41 Å². The van der Waals surface area contributed by atoms with Crippen molar-refractivity contribution in [3.8, 4) is 0 Å². The molecule has 1 amide bonds. The van der Waals surface area contributed by atoms with Gasteiger partial charge in [-0.3, -0.25) is 9.69 Å². The largest absolute Gasteiger partial charge is 0.375 e. The Morgan fingerprint density at radius 1 is 1.39 bits per heavy atom. The summed E-state index contributed by atoms with van der Waals surface area (Å²) < 4.78 is 19.5. The van der Waals surface area contributed by atoms with Crippen LogP contribution in [0.5, 0.6) is 0 Å². The van der Waals surface area contributed by atoms with Gasteiger partial charge in [-0.25, -0.2) is 4.39 Å². The Labute approximate surface area is 138 Å². The van der Waals surface area contributed by atoms with Gasteiger partial charge in [0, 0.05) is 37.2 Å². The van der Waals surface area contributed by atoms with Gasteiger partial charge in [0.05, 0.1) is 12.7 Å². The van der Waals surface area contributed by atoms with Crippen LogP contribution in [0.25, 0.3) is 0 Å². The summed E-state index contributed by atoms with van der Waals surface area (Å²) in [6.07, 6.45) is 0.853. The van der Waals surface area contributed by atoms with Gasteiger partial charge in [0.25, 0.3) is 0 Å². The lowest BCUT2D eigenvalue weighted by molar-refractivity contribution is -0.128. The van der Waals surface area contributed by atoms with Crippen LogP contribution < -0.4 is 5.32 Å². The zero-order valence-electron chi connectivity index (χ0n) is 14.3. The number of carbonyl (C=O) groups excluding carboxylic acids is 1. The number of nitrogens with zero attached hydrogens (tertiary/aromatic N) is 1. The molecule has 1 heterocycles. The summed E-state index contributed by atoms with van der Waals surface area (Å²) in [5.41, 5.74) is 0.346. The van der Waals surface area contributed by atoms with Crippen LogP contribution >= 0.6 is 0 Å². The second-order valence-corrected chi connectivity index (χ2v) is 7.11. The Morgan fingerprint density at radius 3 is 2.83 bits per heavy atom. The van der Waals surface area contributed by atoms with Crippen molar-refractivity contribution in [3.05, 3.63) is 35.6 Å². The molecule has 128 valence electrons. The minimum Gasteiger partial charge on any atom is -0.375 e. The van der Waals surface area contributed by atoms with Gasteiger partial charge < -0.3 is 10.1 Å². The number of carbonyl (C=O) groups is 1.